The van der Waals surface area contributed by atoms with Crippen molar-refractivity contribution in [1.82, 2.24) is 4.98 Å². The molecular formula is C27H19NO2. The molecule has 3 aromatic carbocycles. The number of benzene rings is 3. The molecule has 3 heteroatoms. The second-order valence-corrected chi connectivity index (χ2v) is 7.36. The molecule has 0 radical (unpaired) electrons. The number of pyridine rings is 1. The zero-order valence-electron chi connectivity index (χ0n) is 16.3. The molecule has 0 spiro atoms. The standard InChI is InChI=1S/C27H19NO2/c29-27-24(17-19-5-2-1-3-6-19)18-23-16-20(9-11-25(23)28-27)7-4-8-21-10-12-26-22(15-21)13-14-30-26/h1-3,5-6,9-16,18H,8,17H2,(H,28,29). The third-order valence-corrected chi connectivity index (χ3v) is 5.20. The van der Waals surface area contributed by atoms with Gasteiger partial charge in [0.1, 0.15) is 5.58 Å². The molecule has 2 aromatic heterocycles. The summed E-state index contributed by atoms with van der Waals surface area (Å²) in [6, 6.07) is 26.0. The summed E-state index contributed by atoms with van der Waals surface area (Å²) >= 11 is 0. The fraction of sp³-hybridized carbons (Fsp3) is 0.0741. The Bertz CT molecular complexity index is 1460. The van der Waals surface area contributed by atoms with Crippen molar-refractivity contribution in [2.24, 2.45) is 0 Å². The molecule has 30 heavy (non-hydrogen) atoms. The van der Waals surface area contributed by atoms with Crippen LogP contribution in [-0.2, 0) is 12.8 Å². The van der Waals surface area contributed by atoms with Crippen molar-refractivity contribution >= 4 is 21.9 Å². The summed E-state index contributed by atoms with van der Waals surface area (Å²) in [7, 11) is 0. The fourth-order valence-corrected chi connectivity index (χ4v) is 3.65. The van der Waals surface area contributed by atoms with E-state index in [-0.39, 0.29) is 5.56 Å². The Kier molecular flexibility index (Phi) is 4.67. The molecule has 0 aliphatic rings. The maximum Gasteiger partial charge on any atom is 0.251 e. The predicted molar refractivity (Wildman–Crippen MR) is 121 cm³/mol. The summed E-state index contributed by atoms with van der Waals surface area (Å²) in [5.41, 5.74) is 5.64. The van der Waals surface area contributed by atoms with Gasteiger partial charge in [0.2, 0.25) is 0 Å². The lowest BCUT2D eigenvalue weighted by molar-refractivity contribution is 0.616. The van der Waals surface area contributed by atoms with E-state index in [4.69, 9.17) is 4.42 Å². The van der Waals surface area contributed by atoms with Gasteiger partial charge >= 0.3 is 0 Å². The largest absolute Gasteiger partial charge is 0.464 e. The SMILES string of the molecule is O=c1[nH]c2ccc(C#CCc3ccc4occc4c3)cc2cc1Cc1ccccc1. The zero-order chi connectivity index (χ0) is 20.3. The second kappa shape index (κ2) is 7.77. The van der Waals surface area contributed by atoms with Gasteiger partial charge in [-0.1, -0.05) is 48.2 Å². The van der Waals surface area contributed by atoms with Crippen molar-refractivity contribution in [2.75, 3.05) is 0 Å². The first kappa shape index (κ1) is 18.0. The summed E-state index contributed by atoms with van der Waals surface area (Å²) < 4.78 is 5.38. The van der Waals surface area contributed by atoms with Crippen LogP contribution in [0.15, 0.2) is 94.3 Å². The molecule has 0 amide bonds. The molecule has 0 aliphatic heterocycles. The smallest absolute Gasteiger partial charge is 0.251 e. The summed E-state index contributed by atoms with van der Waals surface area (Å²) in [5, 5.41) is 2.09. The number of aromatic amines is 1. The highest BCUT2D eigenvalue weighted by Crippen LogP contribution is 2.18. The normalized spacial score (nSPS) is 10.8. The monoisotopic (exact) mass is 389 g/mol. The van der Waals surface area contributed by atoms with Crippen LogP contribution in [0.5, 0.6) is 0 Å². The van der Waals surface area contributed by atoms with Crippen LogP contribution in [0.1, 0.15) is 22.3 Å². The van der Waals surface area contributed by atoms with Crippen LogP contribution >= 0.6 is 0 Å². The minimum Gasteiger partial charge on any atom is -0.464 e. The summed E-state index contributed by atoms with van der Waals surface area (Å²) in [6.45, 7) is 0. The van der Waals surface area contributed by atoms with Gasteiger partial charge in [-0.2, -0.15) is 0 Å². The Morgan fingerprint density at radius 3 is 2.63 bits per heavy atom. The maximum absolute atomic E-state index is 12.4. The zero-order valence-corrected chi connectivity index (χ0v) is 16.3. The van der Waals surface area contributed by atoms with E-state index in [1.54, 1.807) is 6.26 Å². The molecule has 0 bridgehead atoms. The highest BCUT2D eigenvalue weighted by atomic mass is 16.3. The highest BCUT2D eigenvalue weighted by Gasteiger charge is 2.05. The summed E-state index contributed by atoms with van der Waals surface area (Å²) in [6.07, 6.45) is 2.98. The van der Waals surface area contributed by atoms with Crippen LogP contribution in [0, 0.1) is 11.8 Å². The maximum atomic E-state index is 12.4. The second-order valence-electron chi connectivity index (χ2n) is 7.36. The molecule has 0 aliphatic carbocycles. The van der Waals surface area contributed by atoms with E-state index in [0.29, 0.717) is 12.8 Å². The van der Waals surface area contributed by atoms with Crippen LogP contribution in [-0.4, -0.2) is 4.98 Å². The Labute approximate surface area is 174 Å². The van der Waals surface area contributed by atoms with Crippen molar-refractivity contribution < 1.29 is 4.42 Å². The van der Waals surface area contributed by atoms with Gasteiger partial charge in [-0.25, -0.2) is 0 Å². The minimum absolute atomic E-state index is 0.0418. The average molecular weight is 389 g/mol. The van der Waals surface area contributed by atoms with Crippen LogP contribution in [0.2, 0.25) is 0 Å². The lowest BCUT2D eigenvalue weighted by Gasteiger charge is -2.04. The molecule has 5 aromatic rings. The number of hydrogen-bond acceptors (Lipinski definition) is 2. The Morgan fingerprint density at radius 1 is 0.833 bits per heavy atom. The number of nitrogens with one attached hydrogen (secondary N) is 1. The number of fused-ring (bicyclic) bond motifs is 2. The Balaban J connectivity index is 1.40. The molecule has 0 saturated heterocycles. The first-order valence-corrected chi connectivity index (χ1v) is 9.89. The van der Waals surface area contributed by atoms with Gasteiger partial charge in [-0.15, -0.1) is 0 Å². The van der Waals surface area contributed by atoms with E-state index >= 15 is 0 Å². The molecule has 2 heterocycles. The first-order valence-electron chi connectivity index (χ1n) is 9.89. The van der Waals surface area contributed by atoms with Gasteiger partial charge in [0.15, 0.2) is 0 Å². The summed E-state index contributed by atoms with van der Waals surface area (Å²) in [5.74, 6) is 6.50. The van der Waals surface area contributed by atoms with E-state index in [1.807, 2.05) is 72.8 Å². The number of rotatable bonds is 3. The van der Waals surface area contributed by atoms with E-state index in [1.165, 1.54) is 0 Å². The van der Waals surface area contributed by atoms with E-state index in [9.17, 15) is 4.79 Å². The molecule has 0 unspecified atom stereocenters. The topological polar surface area (TPSA) is 46.0 Å². The van der Waals surface area contributed by atoms with Gasteiger partial charge in [-0.3, -0.25) is 4.79 Å². The van der Waals surface area contributed by atoms with E-state index < -0.39 is 0 Å². The van der Waals surface area contributed by atoms with Gasteiger partial charge in [-0.05, 0) is 59.0 Å². The van der Waals surface area contributed by atoms with Crippen molar-refractivity contribution in [3.8, 4) is 11.8 Å². The number of H-pyrrole nitrogens is 1. The fourth-order valence-electron chi connectivity index (χ4n) is 3.65. The molecule has 144 valence electrons. The highest BCUT2D eigenvalue weighted by molar-refractivity contribution is 5.81. The molecule has 1 N–H and O–H groups in total. The molecule has 0 saturated carbocycles. The minimum atomic E-state index is -0.0418. The van der Waals surface area contributed by atoms with Crippen LogP contribution < -0.4 is 5.56 Å². The van der Waals surface area contributed by atoms with Crippen molar-refractivity contribution in [1.29, 1.82) is 0 Å². The Morgan fingerprint density at radius 2 is 1.73 bits per heavy atom. The Hall–Kier alpha value is -4.03. The molecular weight excluding hydrogens is 370 g/mol. The van der Waals surface area contributed by atoms with Crippen molar-refractivity contribution in [3.63, 3.8) is 0 Å². The first-order chi connectivity index (χ1) is 14.7. The van der Waals surface area contributed by atoms with E-state index in [0.717, 1.165) is 44.1 Å². The predicted octanol–water partition coefficient (Wildman–Crippen LogP) is 5.46. The van der Waals surface area contributed by atoms with Crippen molar-refractivity contribution in [2.45, 2.75) is 12.8 Å². The molecule has 0 atom stereocenters. The van der Waals surface area contributed by atoms with Gasteiger partial charge in [0.05, 0.1) is 6.26 Å². The van der Waals surface area contributed by atoms with Crippen LogP contribution in [0.25, 0.3) is 21.9 Å². The molecule has 5 rings (SSSR count). The van der Waals surface area contributed by atoms with Crippen LogP contribution in [0.4, 0.5) is 0 Å². The van der Waals surface area contributed by atoms with E-state index in [2.05, 4.69) is 22.9 Å². The third kappa shape index (κ3) is 3.76. The lowest BCUT2D eigenvalue weighted by Crippen LogP contribution is -2.12. The summed E-state index contributed by atoms with van der Waals surface area (Å²) in [4.78, 5) is 15.4. The van der Waals surface area contributed by atoms with Crippen molar-refractivity contribution in [3.05, 3.63) is 118 Å². The number of aromatic nitrogens is 1. The number of hydrogen-bond donors (Lipinski definition) is 1. The van der Waals surface area contributed by atoms with Gasteiger partial charge in [0, 0.05) is 34.9 Å². The quantitative estimate of drug-likeness (QED) is 0.417. The molecule has 3 nitrogen and oxygen atoms in total. The number of furan rings is 1. The van der Waals surface area contributed by atoms with Gasteiger partial charge in [0.25, 0.3) is 5.56 Å². The average Bonchev–Trinajstić information content (AvgIpc) is 3.23. The van der Waals surface area contributed by atoms with Gasteiger partial charge < -0.3 is 9.40 Å². The third-order valence-electron chi connectivity index (χ3n) is 5.20. The molecule has 0 fully saturated rings. The van der Waals surface area contributed by atoms with Crippen LogP contribution in [0.3, 0.4) is 0 Å². The lowest BCUT2D eigenvalue weighted by atomic mass is 10.0.